The third-order valence-corrected chi connectivity index (χ3v) is 3.22. The van der Waals surface area contributed by atoms with Crippen molar-refractivity contribution in [1.82, 2.24) is 0 Å². The Labute approximate surface area is 128 Å². The molecule has 2 N–H and O–H groups in total. The van der Waals surface area contributed by atoms with E-state index in [0.717, 1.165) is 0 Å². The SMILES string of the molecule is COc1cc(OC)c(NC(=O)CC(C)(C)C(=O)O)cc1Cl. The molecule has 0 aliphatic rings. The Kier molecular flexibility index (Phi) is 5.43. The molecule has 0 aliphatic heterocycles. The molecule has 0 unspecified atom stereocenters. The van der Waals surface area contributed by atoms with Crippen molar-refractivity contribution in [1.29, 1.82) is 0 Å². The van der Waals surface area contributed by atoms with Gasteiger partial charge in [0.05, 0.1) is 30.3 Å². The minimum absolute atomic E-state index is 0.171. The zero-order valence-electron chi connectivity index (χ0n) is 12.3. The minimum atomic E-state index is -1.16. The van der Waals surface area contributed by atoms with Crippen molar-refractivity contribution in [2.45, 2.75) is 20.3 Å². The topological polar surface area (TPSA) is 84.9 Å². The van der Waals surface area contributed by atoms with Gasteiger partial charge in [0.25, 0.3) is 0 Å². The van der Waals surface area contributed by atoms with Gasteiger partial charge in [-0.15, -0.1) is 0 Å². The molecule has 6 nitrogen and oxygen atoms in total. The number of carboxylic acid groups (broad SMARTS) is 1. The van der Waals surface area contributed by atoms with E-state index in [1.54, 1.807) is 6.07 Å². The van der Waals surface area contributed by atoms with Crippen LogP contribution in [-0.2, 0) is 9.59 Å². The van der Waals surface area contributed by atoms with E-state index in [9.17, 15) is 9.59 Å². The number of carboxylic acids is 1. The molecule has 0 saturated carbocycles. The van der Waals surface area contributed by atoms with Crippen LogP contribution in [0.5, 0.6) is 11.5 Å². The van der Waals surface area contributed by atoms with E-state index in [0.29, 0.717) is 22.2 Å². The molecular formula is C14H18ClNO5. The fraction of sp³-hybridized carbons (Fsp3) is 0.429. The number of carbonyl (C=O) groups excluding carboxylic acids is 1. The van der Waals surface area contributed by atoms with Gasteiger partial charge in [0.2, 0.25) is 5.91 Å². The van der Waals surface area contributed by atoms with Crippen molar-refractivity contribution in [2.75, 3.05) is 19.5 Å². The summed E-state index contributed by atoms with van der Waals surface area (Å²) in [6.45, 7) is 2.96. The molecule has 0 radical (unpaired) electrons. The summed E-state index contributed by atoms with van der Waals surface area (Å²) in [7, 11) is 2.91. The van der Waals surface area contributed by atoms with E-state index in [2.05, 4.69) is 5.32 Å². The Morgan fingerprint density at radius 1 is 1.24 bits per heavy atom. The lowest BCUT2D eigenvalue weighted by atomic mass is 9.89. The highest BCUT2D eigenvalue weighted by Crippen LogP contribution is 2.36. The van der Waals surface area contributed by atoms with Crippen LogP contribution in [0.2, 0.25) is 5.02 Å². The van der Waals surface area contributed by atoms with Gasteiger partial charge in [0, 0.05) is 12.5 Å². The first kappa shape index (κ1) is 17.1. The number of methoxy groups -OCH3 is 2. The van der Waals surface area contributed by atoms with Crippen molar-refractivity contribution < 1.29 is 24.2 Å². The molecule has 7 heteroatoms. The normalized spacial score (nSPS) is 10.9. The van der Waals surface area contributed by atoms with Gasteiger partial charge in [-0.3, -0.25) is 9.59 Å². The standard InChI is InChI=1S/C14H18ClNO5/c1-14(2,13(18)19)7-12(17)16-9-5-8(15)10(20-3)6-11(9)21-4/h5-6H,7H2,1-4H3,(H,16,17)(H,18,19). The van der Waals surface area contributed by atoms with E-state index in [4.69, 9.17) is 26.2 Å². The van der Waals surface area contributed by atoms with Crippen molar-refractivity contribution in [3.8, 4) is 11.5 Å². The lowest BCUT2D eigenvalue weighted by molar-refractivity contribution is -0.148. The predicted octanol–water partition coefficient (Wildman–Crippen LogP) is 2.80. The summed E-state index contributed by atoms with van der Waals surface area (Å²) in [5.41, 5.74) is -0.803. The molecule has 1 aromatic rings. The van der Waals surface area contributed by atoms with Gasteiger partial charge in [0.15, 0.2) is 0 Å². The summed E-state index contributed by atoms with van der Waals surface area (Å²) < 4.78 is 10.2. The molecule has 1 rings (SSSR count). The number of hydrogen-bond donors (Lipinski definition) is 2. The maximum Gasteiger partial charge on any atom is 0.309 e. The number of nitrogens with one attached hydrogen (secondary N) is 1. The fourth-order valence-corrected chi connectivity index (χ4v) is 1.87. The van der Waals surface area contributed by atoms with Crippen LogP contribution in [0.15, 0.2) is 12.1 Å². The molecule has 0 aliphatic carbocycles. The largest absolute Gasteiger partial charge is 0.495 e. The number of rotatable bonds is 6. The first-order valence-electron chi connectivity index (χ1n) is 6.16. The molecule has 0 heterocycles. The number of benzene rings is 1. The molecule has 21 heavy (non-hydrogen) atoms. The Bertz CT molecular complexity index is 557. The number of ether oxygens (including phenoxy) is 2. The first-order valence-corrected chi connectivity index (χ1v) is 6.54. The lowest BCUT2D eigenvalue weighted by Crippen LogP contribution is -2.29. The molecule has 0 bridgehead atoms. The minimum Gasteiger partial charge on any atom is -0.495 e. The quantitative estimate of drug-likeness (QED) is 0.843. The van der Waals surface area contributed by atoms with E-state index >= 15 is 0 Å². The summed E-state index contributed by atoms with van der Waals surface area (Å²) in [5, 5.41) is 11.9. The molecule has 1 aromatic carbocycles. The molecule has 0 atom stereocenters. The van der Waals surface area contributed by atoms with Crippen LogP contribution in [0.4, 0.5) is 5.69 Å². The van der Waals surface area contributed by atoms with Crippen molar-refractivity contribution in [3.63, 3.8) is 0 Å². The van der Waals surface area contributed by atoms with E-state index in [1.807, 2.05) is 0 Å². The van der Waals surface area contributed by atoms with E-state index in [1.165, 1.54) is 34.1 Å². The average molecular weight is 316 g/mol. The van der Waals surface area contributed by atoms with Crippen LogP contribution >= 0.6 is 11.6 Å². The Morgan fingerprint density at radius 2 is 1.81 bits per heavy atom. The van der Waals surface area contributed by atoms with Gasteiger partial charge in [-0.05, 0) is 19.9 Å². The molecule has 1 amide bonds. The average Bonchev–Trinajstić information content (AvgIpc) is 2.38. The van der Waals surface area contributed by atoms with Crippen LogP contribution in [-0.4, -0.2) is 31.2 Å². The third kappa shape index (κ3) is 4.26. The third-order valence-electron chi connectivity index (χ3n) is 2.93. The maximum atomic E-state index is 12.0. The lowest BCUT2D eigenvalue weighted by Gasteiger charge is -2.19. The van der Waals surface area contributed by atoms with Crippen molar-refractivity contribution >= 4 is 29.2 Å². The summed E-state index contributed by atoms with van der Waals surface area (Å²) in [6, 6.07) is 3.03. The number of amides is 1. The predicted molar refractivity (Wildman–Crippen MR) is 79.2 cm³/mol. The molecule has 0 aromatic heterocycles. The van der Waals surface area contributed by atoms with Crippen LogP contribution < -0.4 is 14.8 Å². The molecule has 0 saturated heterocycles. The molecular weight excluding hydrogens is 298 g/mol. The molecule has 116 valence electrons. The monoisotopic (exact) mass is 315 g/mol. The zero-order valence-corrected chi connectivity index (χ0v) is 13.1. The van der Waals surface area contributed by atoms with Crippen LogP contribution in [0.25, 0.3) is 0 Å². The first-order chi connectivity index (χ1) is 9.71. The van der Waals surface area contributed by atoms with Gasteiger partial charge >= 0.3 is 5.97 Å². The van der Waals surface area contributed by atoms with Gasteiger partial charge in [0.1, 0.15) is 11.5 Å². The second kappa shape index (κ2) is 6.67. The number of anilines is 1. The van der Waals surface area contributed by atoms with Crippen LogP contribution in [0, 0.1) is 5.41 Å². The highest BCUT2D eigenvalue weighted by Gasteiger charge is 2.30. The van der Waals surface area contributed by atoms with E-state index in [-0.39, 0.29) is 6.42 Å². The van der Waals surface area contributed by atoms with E-state index < -0.39 is 17.3 Å². The van der Waals surface area contributed by atoms with Gasteiger partial charge in [-0.1, -0.05) is 11.6 Å². The number of carbonyl (C=O) groups is 2. The number of halogens is 1. The Morgan fingerprint density at radius 3 is 2.29 bits per heavy atom. The number of aliphatic carboxylic acids is 1. The van der Waals surface area contributed by atoms with Crippen molar-refractivity contribution in [3.05, 3.63) is 17.2 Å². The fourth-order valence-electron chi connectivity index (χ4n) is 1.63. The van der Waals surface area contributed by atoms with Crippen LogP contribution in [0.3, 0.4) is 0 Å². The second-order valence-corrected chi connectivity index (χ2v) is 5.51. The molecule has 0 spiro atoms. The van der Waals surface area contributed by atoms with Gasteiger partial charge < -0.3 is 19.9 Å². The highest BCUT2D eigenvalue weighted by atomic mass is 35.5. The number of hydrogen-bond acceptors (Lipinski definition) is 4. The smallest absolute Gasteiger partial charge is 0.309 e. The summed E-state index contributed by atoms with van der Waals surface area (Å²) in [5.74, 6) is -0.700. The summed E-state index contributed by atoms with van der Waals surface area (Å²) >= 11 is 6.00. The Balaban J connectivity index is 2.95. The highest BCUT2D eigenvalue weighted by molar-refractivity contribution is 6.32. The summed E-state index contributed by atoms with van der Waals surface area (Å²) in [6.07, 6.45) is -0.171. The van der Waals surface area contributed by atoms with Crippen molar-refractivity contribution in [2.24, 2.45) is 5.41 Å². The van der Waals surface area contributed by atoms with Crippen LogP contribution in [0.1, 0.15) is 20.3 Å². The molecule has 0 fully saturated rings. The van der Waals surface area contributed by atoms with Gasteiger partial charge in [-0.2, -0.15) is 0 Å². The van der Waals surface area contributed by atoms with Gasteiger partial charge in [-0.25, -0.2) is 0 Å². The summed E-state index contributed by atoms with van der Waals surface area (Å²) in [4.78, 5) is 23.0. The Hall–Kier alpha value is -1.95. The second-order valence-electron chi connectivity index (χ2n) is 5.10. The zero-order chi connectivity index (χ0) is 16.2. The maximum absolute atomic E-state index is 12.0.